The third kappa shape index (κ3) is 6.73. The van der Waals surface area contributed by atoms with Gasteiger partial charge in [-0.2, -0.15) is 0 Å². The van der Waals surface area contributed by atoms with Crippen molar-refractivity contribution in [3.63, 3.8) is 0 Å². The molecular weight excluding hydrogens is 415 g/mol. The van der Waals surface area contributed by atoms with Gasteiger partial charge in [0.15, 0.2) is 0 Å². The predicted molar refractivity (Wildman–Crippen MR) is 117 cm³/mol. The van der Waals surface area contributed by atoms with E-state index in [0.717, 1.165) is 10.5 Å². The minimum absolute atomic E-state index is 0.0832. The fourth-order valence-electron chi connectivity index (χ4n) is 2.65. The van der Waals surface area contributed by atoms with Crippen LogP contribution in [0.2, 0.25) is 10.0 Å². The molecule has 0 fully saturated rings. The number of halogens is 2. The van der Waals surface area contributed by atoms with Crippen LogP contribution in [-0.2, 0) is 16.1 Å². The lowest BCUT2D eigenvalue weighted by Gasteiger charge is -2.29. The van der Waals surface area contributed by atoms with Crippen LogP contribution >= 0.6 is 35.0 Å². The zero-order valence-corrected chi connectivity index (χ0v) is 18.3. The molecule has 4 nitrogen and oxygen atoms in total. The van der Waals surface area contributed by atoms with E-state index < -0.39 is 6.04 Å². The van der Waals surface area contributed by atoms with Gasteiger partial charge in [-0.3, -0.25) is 9.59 Å². The van der Waals surface area contributed by atoms with Crippen LogP contribution in [0.3, 0.4) is 0 Å². The van der Waals surface area contributed by atoms with Crippen molar-refractivity contribution in [3.05, 3.63) is 64.1 Å². The highest BCUT2D eigenvalue weighted by Crippen LogP contribution is 2.23. The van der Waals surface area contributed by atoms with E-state index in [2.05, 4.69) is 5.32 Å². The Kier molecular flexibility index (Phi) is 9.16. The van der Waals surface area contributed by atoms with Gasteiger partial charge >= 0.3 is 0 Å². The molecule has 7 heteroatoms. The van der Waals surface area contributed by atoms with Gasteiger partial charge < -0.3 is 10.2 Å². The van der Waals surface area contributed by atoms with E-state index in [1.165, 1.54) is 0 Å². The average Bonchev–Trinajstić information content (AvgIpc) is 2.68. The molecule has 0 bridgehead atoms. The zero-order chi connectivity index (χ0) is 20.5. The van der Waals surface area contributed by atoms with E-state index in [-0.39, 0.29) is 11.8 Å². The summed E-state index contributed by atoms with van der Waals surface area (Å²) >= 11 is 13.7. The molecule has 0 unspecified atom stereocenters. The minimum Gasteiger partial charge on any atom is -0.355 e. The number of thioether (sulfide) groups is 1. The predicted octanol–water partition coefficient (Wildman–Crippen LogP) is 5.03. The van der Waals surface area contributed by atoms with E-state index in [1.54, 1.807) is 29.7 Å². The summed E-state index contributed by atoms with van der Waals surface area (Å²) in [6.07, 6.45) is 0.321. The molecule has 0 radical (unpaired) electrons. The number of nitrogens with one attached hydrogen (secondary N) is 1. The van der Waals surface area contributed by atoms with Gasteiger partial charge in [0.05, 0.1) is 0 Å². The maximum atomic E-state index is 12.9. The quantitative estimate of drug-likeness (QED) is 0.558. The van der Waals surface area contributed by atoms with Crippen molar-refractivity contribution in [2.45, 2.75) is 37.8 Å². The van der Waals surface area contributed by atoms with Gasteiger partial charge in [0.1, 0.15) is 6.04 Å². The largest absolute Gasteiger partial charge is 0.355 e. The van der Waals surface area contributed by atoms with Crippen LogP contribution in [0.1, 0.15) is 25.8 Å². The summed E-state index contributed by atoms with van der Waals surface area (Å²) in [6.45, 7) is 4.41. The van der Waals surface area contributed by atoms with Crippen molar-refractivity contribution in [3.8, 4) is 0 Å². The van der Waals surface area contributed by atoms with Crippen LogP contribution in [0, 0.1) is 0 Å². The monoisotopic (exact) mass is 438 g/mol. The van der Waals surface area contributed by atoms with Gasteiger partial charge in [-0.1, -0.05) is 41.4 Å². The minimum atomic E-state index is -0.579. The van der Waals surface area contributed by atoms with Crippen molar-refractivity contribution in [1.82, 2.24) is 10.2 Å². The van der Waals surface area contributed by atoms with E-state index >= 15 is 0 Å². The summed E-state index contributed by atoms with van der Waals surface area (Å²) in [6, 6.07) is 14.3. The molecule has 0 spiro atoms. The number of nitrogens with zero attached hydrogens (tertiary/aromatic N) is 1. The van der Waals surface area contributed by atoms with E-state index in [9.17, 15) is 9.59 Å². The summed E-state index contributed by atoms with van der Waals surface area (Å²) in [5.41, 5.74) is 0.819. The first-order valence-corrected chi connectivity index (χ1v) is 10.9. The molecule has 1 N–H and O–H groups in total. The third-order valence-corrected chi connectivity index (χ3v) is 5.85. The summed E-state index contributed by atoms with van der Waals surface area (Å²) in [5, 5.41) is 4.05. The van der Waals surface area contributed by atoms with E-state index in [1.807, 2.05) is 49.4 Å². The number of likely N-dealkylation sites (N-methyl/N-ethyl adjacent to an activating group) is 1. The van der Waals surface area contributed by atoms with Crippen molar-refractivity contribution >= 4 is 46.8 Å². The van der Waals surface area contributed by atoms with Gasteiger partial charge in [0, 0.05) is 40.2 Å². The Morgan fingerprint density at radius 1 is 1.11 bits per heavy atom. The molecule has 150 valence electrons. The average molecular weight is 439 g/mol. The number of carbonyl (C=O) groups is 2. The normalized spacial score (nSPS) is 11.7. The first kappa shape index (κ1) is 22.6. The molecule has 0 aromatic heterocycles. The van der Waals surface area contributed by atoms with Crippen LogP contribution < -0.4 is 5.32 Å². The first-order chi connectivity index (χ1) is 13.4. The lowest BCUT2D eigenvalue weighted by Crippen LogP contribution is -2.47. The molecule has 2 rings (SSSR count). The van der Waals surface area contributed by atoms with E-state index in [4.69, 9.17) is 23.2 Å². The van der Waals surface area contributed by atoms with Crippen molar-refractivity contribution < 1.29 is 9.59 Å². The van der Waals surface area contributed by atoms with Crippen LogP contribution in [0.15, 0.2) is 53.4 Å². The molecule has 28 heavy (non-hydrogen) atoms. The van der Waals surface area contributed by atoms with Crippen LogP contribution in [-0.4, -0.2) is 35.1 Å². The zero-order valence-electron chi connectivity index (χ0n) is 16.0. The Morgan fingerprint density at radius 2 is 1.79 bits per heavy atom. The Morgan fingerprint density at radius 3 is 2.43 bits per heavy atom. The van der Waals surface area contributed by atoms with Gasteiger partial charge in [-0.25, -0.2) is 0 Å². The second kappa shape index (κ2) is 11.3. The molecular formula is C21H24Cl2N2O2S. The lowest BCUT2D eigenvalue weighted by atomic mass is 10.1. The number of hydrogen-bond acceptors (Lipinski definition) is 3. The number of benzene rings is 2. The summed E-state index contributed by atoms with van der Waals surface area (Å²) in [7, 11) is 0. The maximum Gasteiger partial charge on any atom is 0.242 e. The van der Waals surface area contributed by atoms with Crippen LogP contribution in [0.5, 0.6) is 0 Å². The smallest absolute Gasteiger partial charge is 0.242 e. The highest BCUT2D eigenvalue weighted by Gasteiger charge is 2.26. The van der Waals surface area contributed by atoms with Crippen LogP contribution in [0.4, 0.5) is 0 Å². The number of amides is 2. The van der Waals surface area contributed by atoms with Gasteiger partial charge in [-0.15, -0.1) is 11.8 Å². The molecule has 0 saturated heterocycles. The molecule has 2 aromatic carbocycles. The molecule has 1 atom stereocenters. The topological polar surface area (TPSA) is 49.4 Å². The van der Waals surface area contributed by atoms with Gasteiger partial charge in [0.2, 0.25) is 11.8 Å². The van der Waals surface area contributed by atoms with E-state index in [0.29, 0.717) is 35.3 Å². The molecule has 0 aliphatic heterocycles. The first-order valence-electron chi connectivity index (χ1n) is 9.11. The highest BCUT2D eigenvalue weighted by atomic mass is 35.5. The Balaban J connectivity index is 2.06. The number of rotatable bonds is 9. The van der Waals surface area contributed by atoms with Gasteiger partial charge in [0.25, 0.3) is 0 Å². The molecule has 0 aliphatic rings. The SMILES string of the molecule is CCNC(=O)[C@@H](C)N(Cc1ccccc1Cl)C(=O)CCSc1ccc(Cl)cc1. The number of hydrogen-bond donors (Lipinski definition) is 1. The Hall–Kier alpha value is -1.69. The van der Waals surface area contributed by atoms with Crippen LogP contribution in [0.25, 0.3) is 0 Å². The summed E-state index contributed by atoms with van der Waals surface area (Å²) in [5.74, 6) is 0.357. The fraction of sp³-hybridized carbons (Fsp3) is 0.333. The lowest BCUT2D eigenvalue weighted by molar-refractivity contribution is -0.140. The standard InChI is InChI=1S/C21H24Cl2N2O2S/c1-3-24-21(27)15(2)25(14-16-6-4-5-7-19(16)23)20(26)12-13-28-18-10-8-17(22)9-11-18/h4-11,15H,3,12-14H2,1-2H3,(H,24,27)/t15-/m1/s1. The fourth-order valence-corrected chi connectivity index (χ4v) is 3.81. The Labute approximate surface area is 180 Å². The van der Waals surface area contributed by atoms with Crippen molar-refractivity contribution in [2.24, 2.45) is 0 Å². The summed E-state index contributed by atoms with van der Waals surface area (Å²) < 4.78 is 0. The second-order valence-corrected chi connectivity index (χ2v) is 8.25. The Bertz CT molecular complexity index is 799. The molecule has 0 aliphatic carbocycles. The highest BCUT2D eigenvalue weighted by molar-refractivity contribution is 7.99. The van der Waals surface area contributed by atoms with Crippen molar-refractivity contribution in [1.29, 1.82) is 0 Å². The second-order valence-electron chi connectivity index (χ2n) is 6.24. The van der Waals surface area contributed by atoms with Crippen molar-refractivity contribution in [2.75, 3.05) is 12.3 Å². The van der Waals surface area contributed by atoms with Gasteiger partial charge in [-0.05, 0) is 49.7 Å². The maximum absolute atomic E-state index is 12.9. The molecule has 2 aromatic rings. The third-order valence-electron chi connectivity index (χ3n) is 4.22. The summed E-state index contributed by atoms with van der Waals surface area (Å²) in [4.78, 5) is 27.9. The molecule has 0 heterocycles. The number of carbonyl (C=O) groups excluding carboxylic acids is 2. The molecule has 0 saturated carbocycles. The molecule has 2 amide bonds.